The highest BCUT2D eigenvalue weighted by Crippen LogP contribution is 2.28. The Morgan fingerprint density at radius 1 is 1.35 bits per heavy atom. The molecule has 1 atom stereocenters. The SMILES string of the molecule is Cc1cc(CCl)cnc1N(C)C(C)c1ccccc1F. The summed E-state index contributed by atoms with van der Waals surface area (Å²) in [5.74, 6) is 1.09. The van der Waals surface area contributed by atoms with Gasteiger partial charge in [0.1, 0.15) is 11.6 Å². The summed E-state index contributed by atoms with van der Waals surface area (Å²) in [5, 5.41) is 0. The van der Waals surface area contributed by atoms with Crippen molar-refractivity contribution in [3.05, 3.63) is 59.0 Å². The molecule has 0 aliphatic heterocycles. The van der Waals surface area contributed by atoms with Crippen molar-refractivity contribution in [3.63, 3.8) is 0 Å². The molecule has 1 aromatic heterocycles. The highest BCUT2D eigenvalue weighted by atomic mass is 35.5. The Hall–Kier alpha value is -1.61. The van der Waals surface area contributed by atoms with Crippen molar-refractivity contribution in [2.75, 3.05) is 11.9 Å². The minimum Gasteiger partial charge on any atom is -0.353 e. The maximum Gasteiger partial charge on any atom is 0.131 e. The fourth-order valence-electron chi connectivity index (χ4n) is 2.27. The molecule has 0 aliphatic carbocycles. The summed E-state index contributed by atoms with van der Waals surface area (Å²) in [6, 6.07) is 8.75. The monoisotopic (exact) mass is 292 g/mol. The molecule has 0 bridgehead atoms. The molecule has 0 spiro atoms. The zero-order valence-corrected chi connectivity index (χ0v) is 12.7. The van der Waals surface area contributed by atoms with E-state index in [-0.39, 0.29) is 11.9 Å². The van der Waals surface area contributed by atoms with Crippen LogP contribution in [0.2, 0.25) is 0 Å². The Bertz CT molecular complexity index is 601. The van der Waals surface area contributed by atoms with E-state index in [1.165, 1.54) is 6.07 Å². The van der Waals surface area contributed by atoms with Crippen LogP contribution in [0.4, 0.5) is 10.2 Å². The van der Waals surface area contributed by atoms with Gasteiger partial charge in [-0.2, -0.15) is 0 Å². The van der Waals surface area contributed by atoms with Crippen molar-refractivity contribution in [3.8, 4) is 0 Å². The number of rotatable bonds is 4. The number of hydrogen-bond acceptors (Lipinski definition) is 2. The first kappa shape index (κ1) is 14.8. The number of aryl methyl sites for hydroxylation is 1. The van der Waals surface area contributed by atoms with E-state index in [0.717, 1.165) is 16.9 Å². The quantitative estimate of drug-likeness (QED) is 0.773. The van der Waals surface area contributed by atoms with E-state index >= 15 is 0 Å². The van der Waals surface area contributed by atoms with Gasteiger partial charge in [-0.3, -0.25) is 0 Å². The second-order valence-corrected chi connectivity index (χ2v) is 5.19. The number of benzene rings is 1. The van der Waals surface area contributed by atoms with Crippen molar-refractivity contribution >= 4 is 17.4 Å². The van der Waals surface area contributed by atoms with E-state index in [2.05, 4.69) is 4.98 Å². The third-order valence-corrected chi connectivity index (χ3v) is 3.84. The molecule has 2 rings (SSSR count). The lowest BCUT2D eigenvalue weighted by Crippen LogP contribution is -2.24. The summed E-state index contributed by atoms with van der Waals surface area (Å²) in [7, 11) is 1.92. The van der Waals surface area contributed by atoms with Crippen molar-refractivity contribution in [2.24, 2.45) is 0 Å². The smallest absolute Gasteiger partial charge is 0.131 e. The number of halogens is 2. The third kappa shape index (κ3) is 2.93. The van der Waals surface area contributed by atoms with Gasteiger partial charge in [-0.1, -0.05) is 18.2 Å². The molecule has 106 valence electrons. The lowest BCUT2D eigenvalue weighted by molar-refractivity contribution is 0.584. The minimum absolute atomic E-state index is 0.0933. The van der Waals surface area contributed by atoms with Crippen molar-refractivity contribution in [1.29, 1.82) is 0 Å². The summed E-state index contributed by atoms with van der Waals surface area (Å²) >= 11 is 5.81. The standard InChI is InChI=1S/C16H18ClFN2/c1-11-8-13(9-17)10-19-16(11)20(3)12(2)14-6-4-5-7-15(14)18/h4-8,10,12H,9H2,1-3H3. The first-order valence-electron chi connectivity index (χ1n) is 6.53. The Kier molecular flexibility index (Phi) is 4.61. The number of anilines is 1. The maximum absolute atomic E-state index is 13.9. The Labute approximate surface area is 124 Å². The molecule has 1 heterocycles. The summed E-state index contributed by atoms with van der Waals surface area (Å²) in [6.45, 7) is 3.96. The second-order valence-electron chi connectivity index (χ2n) is 4.93. The zero-order valence-electron chi connectivity index (χ0n) is 11.9. The average Bonchev–Trinajstić information content (AvgIpc) is 2.46. The van der Waals surface area contributed by atoms with Crippen LogP contribution < -0.4 is 4.90 Å². The lowest BCUT2D eigenvalue weighted by atomic mass is 10.1. The summed E-state index contributed by atoms with van der Waals surface area (Å²) < 4.78 is 13.9. The number of pyridine rings is 1. The molecule has 0 saturated heterocycles. The van der Waals surface area contributed by atoms with Crippen LogP contribution in [0.15, 0.2) is 36.5 Å². The molecule has 0 saturated carbocycles. The van der Waals surface area contributed by atoms with Gasteiger partial charge in [0, 0.05) is 24.7 Å². The fourth-order valence-corrected chi connectivity index (χ4v) is 2.42. The topological polar surface area (TPSA) is 16.1 Å². The van der Waals surface area contributed by atoms with Crippen LogP contribution in [0.25, 0.3) is 0 Å². The van der Waals surface area contributed by atoms with Gasteiger partial charge in [0.2, 0.25) is 0 Å². The van der Waals surface area contributed by atoms with Crippen molar-refractivity contribution in [1.82, 2.24) is 4.98 Å². The van der Waals surface area contributed by atoms with Crippen LogP contribution in [0, 0.1) is 12.7 Å². The molecular weight excluding hydrogens is 275 g/mol. The van der Waals surface area contributed by atoms with Gasteiger partial charge >= 0.3 is 0 Å². The third-order valence-electron chi connectivity index (χ3n) is 3.53. The van der Waals surface area contributed by atoms with E-state index in [9.17, 15) is 4.39 Å². The molecule has 0 N–H and O–H groups in total. The van der Waals surface area contributed by atoms with Gasteiger partial charge in [0.15, 0.2) is 0 Å². The minimum atomic E-state index is -0.193. The van der Waals surface area contributed by atoms with Crippen LogP contribution in [0.3, 0.4) is 0 Å². The largest absolute Gasteiger partial charge is 0.353 e. The van der Waals surface area contributed by atoms with Crippen molar-refractivity contribution in [2.45, 2.75) is 25.8 Å². The predicted octanol–water partition coefficient (Wildman–Crippen LogP) is 4.47. The Morgan fingerprint density at radius 2 is 2.05 bits per heavy atom. The molecule has 1 aromatic carbocycles. The number of alkyl halides is 1. The van der Waals surface area contributed by atoms with Gasteiger partial charge in [-0.25, -0.2) is 9.37 Å². The van der Waals surface area contributed by atoms with Crippen LogP contribution in [-0.4, -0.2) is 12.0 Å². The molecule has 0 amide bonds. The van der Waals surface area contributed by atoms with E-state index in [1.54, 1.807) is 18.3 Å². The number of hydrogen-bond donors (Lipinski definition) is 0. The first-order chi connectivity index (χ1) is 9.54. The molecule has 0 radical (unpaired) electrons. The van der Waals surface area contributed by atoms with E-state index < -0.39 is 0 Å². The van der Waals surface area contributed by atoms with E-state index in [0.29, 0.717) is 11.4 Å². The fraction of sp³-hybridized carbons (Fsp3) is 0.312. The molecule has 2 aromatic rings. The summed E-state index contributed by atoms with van der Waals surface area (Å²) in [5.41, 5.74) is 2.69. The van der Waals surface area contributed by atoms with Gasteiger partial charge in [0.25, 0.3) is 0 Å². The van der Waals surface area contributed by atoms with Crippen LogP contribution in [0.5, 0.6) is 0 Å². The van der Waals surface area contributed by atoms with Crippen LogP contribution in [-0.2, 0) is 5.88 Å². The summed E-state index contributed by atoms with van der Waals surface area (Å²) in [4.78, 5) is 6.42. The molecule has 0 fully saturated rings. The van der Waals surface area contributed by atoms with Gasteiger partial charge in [-0.15, -0.1) is 11.6 Å². The van der Waals surface area contributed by atoms with Crippen LogP contribution in [0.1, 0.15) is 29.7 Å². The predicted molar refractivity (Wildman–Crippen MR) is 81.7 cm³/mol. The highest BCUT2D eigenvalue weighted by molar-refractivity contribution is 6.17. The Morgan fingerprint density at radius 3 is 2.65 bits per heavy atom. The number of nitrogens with zero attached hydrogens (tertiary/aromatic N) is 2. The summed E-state index contributed by atoms with van der Waals surface area (Å²) in [6.07, 6.45) is 1.76. The molecule has 0 aliphatic rings. The lowest BCUT2D eigenvalue weighted by Gasteiger charge is -2.28. The highest BCUT2D eigenvalue weighted by Gasteiger charge is 2.18. The average molecular weight is 293 g/mol. The van der Waals surface area contributed by atoms with Gasteiger partial charge in [0.05, 0.1) is 6.04 Å². The van der Waals surface area contributed by atoms with Crippen LogP contribution >= 0.6 is 11.6 Å². The maximum atomic E-state index is 13.9. The molecule has 2 nitrogen and oxygen atoms in total. The Balaban J connectivity index is 2.31. The van der Waals surface area contributed by atoms with E-state index in [1.807, 2.05) is 37.9 Å². The van der Waals surface area contributed by atoms with Crippen molar-refractivity contribution < 1.29 is 4.39 Å². The molecular formula is C16H18ClFN2. The molecule has 20 heavy (non-hydrogen) atoms. The van der Waals surface area contributed by atoms with Gasteiger partial charge in [-0.05, 0) is 37.1 Å². The van der Waals surface area contributed by atoms with Gasteiger partial charge < -0.3 is 4.90 Å². The molecule has 1 unspecified atom stereocenters. The number of aromatic nitrogens is 1. The molecule has 4 heteroatoms. The zero-order chi connectivity index (χ0) is 14.7. The first-order valence-corrected chi connectivity index (χ1v) is 7.06. The normalized spacial score (nSPS) is 12.2. The van der Waals surface area contributed by atoms with E-state index in [4.69, 9.17) is 11.6 Å². The second kappa shape index (κ2) is 6.23.